The van der Waals surface area contributed by atoms with Crippen LogP contribution in [0, 0.1) is 5.82 Å². The van der Waals surface area contributed by atoms with Crippen LogP contribution in [0.5, 0.6) is 0 Å². The van der Waals surface area contributed by atoms with E-state index in [1.807, 2.05) is 24.8 Å². The molecule has 1 aliphatic rings. The summed E-state index contributed by atoms with van der Waals surface area (Å²) in [5.41, 5.74) is 8.05. The summed E-state index contributed by atoms with van der Waals surface area (Å²) < 4.78 is 41.0. The fourth-order valence-electron chi connectivity index (χ4n) is 4.16. The van der Waals surface area contributed by atoms with E-state index in [4.69, 9.17) is 5.73 Å². The first-order chi connectivity index (χ1) is 16.8. The van der Waals surface area contributed by atoms with E-state index in [2.05, 4.69) is 20.2 Å². The SMILES string of the molecule is CCN(CC)S(=O)(=O)c1ccc(Nc2ncnc(N3CCN(c4ccccc4F)CC3)c2N)cc1. The van der Waals surface area contributed by atoms with Gasteiger partial charge in [-0.05, 0) is 36.4 Å². The number of rotatable bonds is 8. The van der Waals surface area contributed by atoms with Crippen molar-refractivity contribution >= 4 is 38.7 Å². The van der Waals surface area contributed by atoms with Crippen molar-refractivity contribution in [2.45, 2.75) is 18.7 Å². The summed E-state index contributed by atoms with van der Waals surface area (Å²) in [6, 6.07) is 13.3. The number of halogens is 1. The van der Waals surface area contributed by atoms with Crippen LogP contribution in [0.1, 0.15) is 13.8 Å². The van der Waals surface area contributed by atoms with Crippen molar-refractivity contribution in [1.29, 1.82) is 0 Å². The number of nitrogens with zero attached hydrogens (tertiary/aromatic N) is 5. The standard InChI is InChI=1S/C24H30FN7O2S/c1-3-32(4-2)35(33,34)19-11-9-18(10-12-19)29-23-22(26)24(28-17-27-23)31-15-13-30(14-16-31)21-8-6-5-7-20(21)25/h5-12,17H,3-4,13-16,26H2,1-2H3,(H,27,28,29). The third kappa shape index (κ3) is 5.15. The number of nitrogen functional groups attached to an aromatic ring is 1. The Hall–Kier alpha value is -3.44. The van der Waals surface area contributed by atoms with Gasteiger partial charge in [0.15, 0.2) is 11.6 Å². The van der Waals surface area contributed by atoms with E-state index in [1.54, 1.807) is 36.4 Å². The number of benzene rings is 2. The normalized spacial score (nSPS) is 14.4. The Kier molecular flexibility index (Phi) is 7.37. The number of anilines is 5. The highest BCUT2D eigenvalue weighted by Crippen LogP contribution is 2.30. The van der Waals surface area contributed by atoms with Gasteiger partial charge in [-0.15, -0.1) is 0 Å². The van der Waals surface area contributed by atoms with E-state index >= 15 is 0 Å². The lowest BCUT2D eigenvalue weighted by Crippen LogP contribution is -2.47. The summed E-state index contributed by atoms with van der Waals surface area (Å²) in [6.45, 7) is 6.98. The zero-order chi connectivity index (χ0) is 25.0. The average molecular weight is 500 g/mol. The molecule has 35 heavy (non-hydrogen) atoms. The zero-order valence-electron chi connectivity index (χ0n) is 19.9. The molecule has 2 heterocycles. The van der Waals surface area contributed by atoms with Gasteiger partial charge in [-0.2, -0.15) is 4.31 Å². The van der Waals surface area contributed by atoms with Crippen molar-refractivity contribution in [2.24, 2.45) is 0 Å². The summed E-state index contributed by atoms with van der Waals surface area (Å²) in [7, 11) is -3.53. The zero-order valence-corrected chi connectivity index (χ0v) is 20.7. The molecule has 0 unspecified atom stereocenters. The number of aromatic nitrogens is 2. The Bertz CT molecular complexity index is 1260. The Morgan fingerprint density at radius 2 is 1.60 bits per heavy atom. The van der Waals surface area contributed by atoms with Gasteiger partial charge in [-0.3, -0.25) is 0 Å². The highest BCUT2D eigenvalue weighted by molar-refractivity contribution is 7.89. The molecule has 0 bridgehead atoms. The van der Waals surface area contributed by atoms with E-state index in [0.29, 0.717) is 68.0 Å². The van der Waals surface area contributed by atoms with Gasteiger partial charge < -0.3 is 20.9 Å². The topological polar surface area (TPSA) is 108 Å². The summed E-state index contributed by atoms with van der Waals surface area (Å²) in [6.07, 6.45) is 1.44. The number of sulfonamides is 1. The number of nitrogens with two attached hydrogens (primary N) is 1. The highest BCUT2D eigenvalue weighted by Gasteiger charge is 2.24. The van der Waals surface area contributed by atoms with Gasteiger partial charge in [0.05, 0.1) is 10.6 Å². The molecule has 2 aromatic carbocycles. The van der Waals surface area contributed by atoms with Crippen LogP contribution in [0.3, 0.4) is 0 Å². The van der Waals surface area contributed by atoms with Crippen LogP contribution in [0.25, 0.3) is 0 Å². The summed E-state index contributed by atoms with van der Waals surface area (Å²) in [5.74, 6) is 0.812. The molecule has 1 fully saturated rings. The van der Waals surface area contributed by atoms with Crippen molar-refractivity contribution in [1.82, 2.24) is 14.3 Å². The van der Waals surface area contributed by atoms with Crippen molar-refractivity contribution < 1.29 is 12.8 Å². The molecule has 1 aromatic heterocycles. The van der Waals surface area contributed by atoms with Crippen LogP contribution >= 0.6 is 0 Å². The number of piperazine rings is 1. The molecular formula is C24H30FN7O2S. The van der Waals surface area contributed by atoms with Crippen molar-refractivity contribution in [3.8, 4) is 0 Å². The third-order valence-corrected chi connectivity index (χ3v) is 8.16. The van der Waals surface area contributed by atoms with Gasteiger partial charge >= 0.3 is 0 Å². The fourth-order valence-corrected chi connectivity index (χ4v) is 5.62. The average Bonchev–Trinajstić information content (AvgIpc) is 2.87. The lowest BCUT2D eigenvalue weighted by Gasteiger charge is -2.37. The molecule has 0 spiro atoms. The molecule has 11 heteroatoms. The van der Waals surface area contributed by atoms with E-state index in [9.17, 15) is 12.8 Å². The lowest BCUT2D eigenvalue weighted by molar-refractivity contribution is 0.445. The molecule has 1 aliphatic heterocycles. The fraction of sp³-hybridized carbons (Fsp3) is 0.333. The molecule has 3 aromatic rings. The minimum absolute atomic E-state index is 0.232. The quantitative estimate of drug-likeness (QED) is 0.486. The molecule has 0 aliphatic carbocycles. The van der Waals surface area contributed by atoms with Crippen molar-refractivity contribution in [3.05, 3.63) is 60.7 Å². The Morgan fingerprint density at radius 3 is 2.23 bits per heavy atom. The summed E-state index contributed by atoms with van der Waals surface area (Å²) in [4.78, 5) is 12.9. The van der Waals surface area contributed by atoms with Crippen LogP contribution in [-0.4, -0.2) is 62.0 Å². The van der Waals surface area contributed by atoms with Crippen LogP contribution < -0.4 is 20.9 Å². The first kappa shape index (κ1) is 24.7. The predicted molar refractivity (Wildman–Crippen MR) is 137 cm³/mol. The molecule has 0 amide bonds. The molecular weight excluding hydrogens is 469 g/mol. The van der Waals surface area contributed by atoms with E-state index < -0.39 is 10.0 Å². The second-order valence-electron chi connectivity index (χ2n) is 8.12. The maximum Gasteiger partial charge on any atom is 0.243 e. The largest absolute Gasteiger partial charge is 0.393 e. The van der Waals surface area contributed by atoms with Crippen molar-refractivity contribution in [2.75, 3.05) is 60.1 Å². The molecule has 0 saturated carbocycles. The maximum absolute atomic E-state index is 14.1. The molecule has 0 atom stereocenters. The number of hydrogen-bond donors (Lipinski definition) is 2. The molecule has 3 N–H and O–H groups in total. The van der Waals surface area contributed by atoms with Gasteiger partial charge in [0.1, 0.15) is 17.8 Å². The second kappa shape index (κ2) is 10.4. The minimum Gasteiger partial charge on any atom is -0.393 e. The third-order valence-electron chi connectivity index (χ3n) is 6.10. The van der Waals surface area contributed by atoms with E-state index in [-0.39, 0.29) is 10.7 Å². The monoisotopic (exact) mass is 499 g/mol. The van der Waals surface area contributed by atoms with Crippen LogP contribution in [0.4, 0.5) is 33.1 Å². The van der Waals surface area contributed by atoms with E-state index in [0.717, 1.165) is 0 Å². The van der Waals surface area contributed by atoms with Gasteiger partial charge in [-0.1, -0.05) is 26.0 Å². The van der Waals surface area contributed by atoms with Gasteiger partial charge in [0.25, 0.3) is 0 Å². The van der Waals surface area contributed by atoms with Crippen LogP contribution in [-0.2, 0) is 10.0 Å². The van der Waals surface area contributed by atoms with Gasteiger partial charge in [0, 0.05) is 45.0 Å². The lowest BCUT2D eigenvalue weighted by atomic mass is 10.2. The van der Waals surface area contributed by atoms with E-state index in [1.165, 1.54) is 16.7 Å². The smallest absolute Gasteiger partial charge is 0.243 e. The summed E-state index contributed by atoms with van der Waals surface area (Å²) >= 11 is 0. The Labute approximate surface area is 205 Å². The molecule has 4 rings (SSSR count). The number of nitrogens with one attached hydrogen (secondary N) is 1. The van der Waals surface area contributed by atoms with Crippen molar-refractivity contribution in [3.63, 3.8) is 0 Å². The van der Waals surface area contributed by atoms with Gasteiger partial charge in [0.2, 0.25) is 10.0 Å². The molecule has 1 saturated heterocycles. The Balaban J connectivity index is 1.46. The first-order valence-corrected chi connectivity index (χ1v) is 13.0. The van der Waals surface area contributed by atoms with Crippen LogP contribution in [0.15, 0.2) is 59.8 Å². The number of hydrogen-bond acceptors (Lipinski definition) is 8. The Morgan fingerprint density at radius 1 is 0.971 bits per heavy atom. The van der Waals surface area contributed by atoms with Gasteiger partial charge in [-0.25, -0.2) is 22.8 Å². The van der Waals surface area contributed by atoms with Crippen LogP contribution in [0.2, 0.25) is 0 Å². The molecule has 0 radical (unpaired) electrons. The molecule has 9 nitrogen and oxygen atoms in total. The predicted octanol–water partition coefficient (Wildman–Crippen LogP) is 3.30. The second-order valence-corrected chi connectivity index (χ2v) is 10.1. The summed E-state index contributed by atoms with van der Waals surface area (Å²) in [5, 5.41) is 3.16. The molecule has 186 valence electrons. The minimum atomic E-state index is -3.53. The first-order valence-electron chi connectivity index (χ1n) is 11.6. The number of para-hydroxylation sites is 1. The highest BCUT2D eigenvalue weighted by atomic mass is 32.2. The maximum atomic E-state index is 14.1.